The molecule has 10 aromatic rings. The first kappa shape index (κ1) is 26.8. The molecule has 8 aromatic carbocycles. The number of hydrogen-bond acceptors (Lipinski definition) is 2. The lowest BCUT2D eigenvalue weighted by Gasteiger charge is -2.10. The molecular formula is C46H28O2. The van der Waals surface area contributed by atoms with Crippen molar-refractivity contribution in [3.8, 4) is 22.3 Å². The minimum Gasteiger partial charge on any atom is -0.455 e. The lowest BCUT2D eigenvalue weighted by Crippen LogP contribution is -1.84. The van der Waals surface area contributed by atoms with Gasteiger partial charge in [-0.1, -0.05) is 146 Å². The van der Waals surface area contributed by atoms with Gasteiger partial charge in [0.2, 0.25) is 0 Å². The van der Waals surface area contributed by atoms with Crippen LogP contribution in [0.2, 0.25) is 0 Å². The minimum absolute atomic E-state index is 0.857. The van der Waals surface area contributed by atoms with Crippen molar-refractivity contribution in [1.29, 1.82) is 0 Å². The summed E-state index contributed by atoms with van der Waals surface area (Å²) in [5.41, 5.74) is 8.13. The molecular weight excluding hydrogens is 585 g/mol. The Morgan fingerprint density at radius 2 is 0.771 bits per heavy atom. The number of benzene rings is 7. The maximum Gasteiger partial charge on any atom is 0.144 e. The molecule has 48 heavy (non-hydrogen) atoms. The Labute approximate surface area is 276 Å². The molecule has 0 aliphatic heterocycles. The van der Waals surface area contributed by atoms with Crippen molar-refractivity contribution in [2.75, 3.05) is 0 Å². The van der Waals surface area contributed by atoms with E-state index < -0.39 is 0 Å². The maximum absolute atomic E-state index is 6.83. The molecule has 224 valence electrons. The first-order valence-electron chi connectivity index (χ1n) is 16.3. The molecule has 0 amide bonds. The molecule has 0 bridgehead atoms. The normalized spacial score (nSPS) is 11.8. The molecule has 0 atom stereocenters. The average molecular weight is 613 g/mol. The van der Waals surface area contributed by atoms with Gasteiger partial charge in [0.15, 0.2) is 0 Å². The van der Waals surface area contributed by atoms with Crippen LogP contribution in [0.25, 0.3) is 98.4 Å². The van der Waals surface area contributed by atoms with Crippen LogP contribution in [0, 0.1) is 0 Å². The molecule has 0 radical (unpaired) electrons. The zero-order valence-corrected chi connectivity index (χ0v) is 26.0. The van der Waals surface area contributed by atoms with Crippen LogP contribution in [0.5, 0.6) is 0 Å². The molecule has 0 fully saturated rings. The van der Waals surface area contributed by atoms with Crippen LogP contribution in [0.4, 0.5) is 0 Å². The highest BCUT2D eigenvalue weighted by Gasteiger charge is 2.21. The summed E-state index contributed by atoms with van der Waals surface area (Å²) in [5.74, 6) is 0. The third kappa shape index (κ3) is 4.06. The van der Waals surface area contributed by atoms with E-state index in [0.717, 1.165) is 65.8 Å². The molecule has 0 N–H and O–H groups in total. The summed E-state index contributed by atoms with van der Waals surface area (Å²) in [5, 5.41) is 11.3. The zero-order chi connectivity index (χ0) is 31.6. The second-order valence-corrected chi connectivity index (χ2v) is 12.4. The molecule has 0 spiro atoms. The Bertz CT molecular complexity index is 2960. The van der Waals surface area contributed by atoms with Crippen LogP contribution < -0.4 is 0 Å². The quantitative estimate of drug-likeness (QED) is 0.194. The number of hydrogen-bond donors (Lipinski definition) is 0. The van der Waals surface area contributed by atoms with Gasteiger partial charge >= 0.3 is 0 Å². The van der Waals surface area contributed by atoms with Crippen molar-refractivity contribution in [3.63, 3.8) is 0 Å². The van der Waals surface area contributed by atoms with E-state index >= 15 is 0 Å². The largest absolute Gasteiger partial charge is 0.455 e. The highest BCUT2D eigenvalue weighted by molar-refractivity contribution is 6.34. The molecule has 10 rings (SSSR count). The number of fused-ring (bicyclic) bond motifs is 12. The van der Waals surface area contributed by atoms with Gasteiger partial charge in [0.1, 0.15) is 22.3 Å². The van der Waals surface area contributed by atoms with Crippen LogP contribution in [0.1, 0.15) is 0 Å². The van der Waals surface area contributed by atoms with Crippen molar-refractivity contribution >= 4 is 76.2 Å². The van der Waals surface area contributed by atoms with Gasteiger partial charge in [-0.05, 0) is 68.1 Å². The lowest BCUT2D eigenvalue weighted by atomic mass is 9.94. The van der Waals surface area contributed by atoms with Crippen LogP contribution in [-0.2, 0) is 0 Å². The topological polar surface area (TPSA) is 26.3 Å². The summed E-state index contributed by atoms with van der Waals surface area (Å²) >= 11 is 0. The van der Waals surface area contributed by atoms with Gasteiger partial charge in [0, 0.05) is 32.3 Å². The van der Waals surface area contributed by atoms with Crippen LogP contribution in [0.15, 0.2) is 179 Å². The maximum atomic E-state index is 6.83. The lowest BCUT2D eigenvalue weighted by molar-refractivity contribution is 0.668. The summed E-state index contributed by atoms with van der Waals surface area (Å²) < 4.78 is 13.3. The Balaban J connectivity index is 1.27. The van der Waals surface area contributed by atoms with E-state index in [2.05, 4.69) is 158 Å². The summed E-state index contributed by atoms with van der Waals surface area (Å²) in [6.07, 6.45) is 0. The Kier molecular flexibility index (Phi) is 5.91. The van der Waals surface area contributed by atoms with Gasteiger partial charge in [-0.25, -0.2) is 0 Å². The van der Waals surface area contributed by atoms with E-state index in [1.807, 2.05) is 12.1 Å². The summed E-state index contributed by atoms with van der Waals surface area (Å²) in [7, 11) is 0. The van der Waals surface area contributed by atoms with Gasteiger partial charge in [0.05, 0.1) is 0 Å². The monoisotopic (exact) mass is 612 g/mol. The third-order valence-electron chi connectivity index (χ3n) is 9.69. The fourth-order valence-corrected chi connectivity index (χ4v) is 7.49. The molecule has 2 heterocycles. The Morgan fingerprint density at radius 3 is 1.46 bits per heavy atom. The Hall–Kier alpha value is -6.38. The standard InChI is InChI=1S/C46H28O2/c1-2-4-16-34(36-18-8-7-17-35(36)33(15-3-1)31-24-23-29-13-5-6-14-30(29)27-31)32-25-26-40-42(28-32)48-46-38-20-10-9-19-37(38)45-43(44(40)46)39-21-11-12-22-41(39)47-45/h1-28H. The smallest absolute Gasteiger partial charge is 0.144 e. The highest BCUT2D eigenvalue weighted by atomic mass is 16.3. The summed E-state index contributed by atoms with van der Waals surface area (Å²) in [6.45, 7) is 0. The van der Waals surface area contributed by atoms with Gasteiger partial charge in [-0.15, -0.1) is 0 Å². The van der Waals surface area contributed by atoms with Gasteiger partial charge < -0.3 is 8.83 Å². The average Bonchev–Trinajstić information content (AvgIpc) is 3.72. The summed E-state index contributed by atoms with van der Waals surface area (Å²) in [4.78, 5) is 0. The predicted molar refractivity (Wildman–Crippen MR) is 202 cm³/mol. The van der Waals surface area contributed by atoms with E-state index in [1.165, 1.54) is 32.7 Å². The molecule has 0 aliphatic carbocycles. The first-order valence-corrected chi connectivity index (χ1v) is 16.3. The molecule has 0 unspecified atom stereocenters. The number of rotatable bonds is 2. The number of furan rings is 2. The molecule has 0 aliphatic rings. The molecule has 2 aromatic heterocycles. The second kappa shape index (κ2) is 10.6. The van der Waals surface area contributed by atoms with E-state index in [1.54, 1.807) is 0 Å². The second-order valence-electron chi connectivity index (χ2n) is 12.4. The van der Waals surface area contributed by atoms with E-state index in [0.29, 0.717) is 0 Å². The van der Waals surface area contributed by atoms with Gasteiger partial charge in [-0.2, -0.15) is 0 Å². The Morgan fingerprint density at radius 1 is 0.292 bits per heavy atom. The van der Waals surface area contributed by atoms with E-state index in [9.17, 15) is 0 Å². The van der Waals surface area contributed by atoms with Crippen molar-refractivity contribution < 1.29 is 8.83 Å². The zero-order valence-electron chi connectivity index (χ0n) is 26.0. The minimum atomic E-state index is 0.857. The number of para-hydroxylation sites is 1. The van der Waals surface area contributed by atoms with Crippen LogP contribution in [0.3, 0.4) is 0 Å². The van der Waals surface area contributed by atoms with E-state index in [4.69, 9.17) is 8.83 Å². The summed E-state index contributed by atoms with van der Waals surface area (Å²) in [6, 6.07) is 60.2. The van der Waals surface area contributed by atoms with Crippen molar-refractivity contribution in [2.24, 2.45) is 0 Å². The van der Waals surface area contributed by atoms with Crippen LogP contribution in [-0.4, -0.2) is 0 Å². The van der Waals surface area contributed by atoms with Gasteiger partial charge in [-0.3, -0.25) is 0 Å². The predicted octanol–water partition coefficient (Wildman–Crippen LogP) is 13.4. The highest BCUT2D eigenvalue weighted by Crippen LogP contribution is 2.45. The molecule has 0 saturated heterocycles. The molecule has 2 nitrogen and oxygen atoms in total. The van der Waals surface area contributed by atoms with E-state index in [-0.39, 0.29) is 0 Å². The van der Waals surface area contributed by atoms with Gasteiger partial charge in [0.25, 0.3) is 0 Å². The molecule has 0 saturated carbocycles. The molecule has 2 heteroatoms. The van der Waals surface area contributed by atoms with Crippen molar-refractivity contribution in [1.82, 2.24) is 0 Å². The fourth-order valence-electron chi connectivity index (χ4n) is 7.49. The fraction of sp³-hybridized carbons (Fsp3) is 0. The van der Waals surface area contributed by atoms with Crippen molar-refractivity contribution in [3.05, 3.63) is 170 Å². The van der Waals surface area contributed by atoms with Crippen LogP contribution >= 0.6 is 0 Å². The third-order valence-corrected chi connectivity index (χ3v) is 9.69. The SMILES string of the molecule is c1cccc(-c2ccc3c(c2)oc2c4ccccc4c4oc5ccccc5c4c32)c2ccccc2c(-c2ccc3ccccc3c2)cc1. The first-order chi connectivity index (χ1) is 23.8. The van der Waals surface area contributed by atoms with Crippen molar-refractivity contribution in [2.45, 2.75) is 0 Å².